The molecule has 2 heterocycles. The predicted molar refractivity (Wildman–Crippen MR) is 170 cm³/mol. The maximum atomic E-state index is 11.4. The summed E-state index contributed by atoms with van der Waals surface area (Å²) in [7, 11) is 1.43. The summed E-state index contributed by atoms with van der Waals surface area (Å²) in [5, 5.41) is 11.3. The number of unbranched alkanes of at least 4 members (excludes halogenated alkanes) is 1. The molecule has 2 saturated carbocycles. The topological polar surface area (TPSA) is 83.5 Å². The van der Waals surface area contributed by atoms with Gasteiger partial charge in [0.2, 0.25) is 0 Å². The Bertz CT molecular complexity index is 1030. The van der Waals surface area contributed by atoms with Crippen molar-refractivity contribution >= 4 is 5.97 Å². The minimum Gasteiger partial charge on any atom is -0.469 e. The highest BCUT2D eigenvalue weighted by molar-refractivity contribution is 5.69. The standard InChI is InChI=1S/C37H54O7/c1-40-35(39)16-8-3-2-7-15-30-31(34(26-32(30)38)44-37-18-10-12-24-42-37)21-22-33(43-36-17-9-11-23-41-36)29-20-19-28(25-29)27-13-5-4-6-14-27/h2,4-7,13-14,21-22,28-34,36-38H,3,8-12,15-20,23-26H2,1H3/b7-2-,22-21+/t28?,29?,30-,31-,32+,33-,34-,36?,37?/m1/s1. The number of methoxy groups -OCH3 is 1. The van der Waals surface area contributed by atoms with E-state index in [9.17, 15) is 9.90 Å². The van der Waals surface area contributed by atoms with E-state index in [1.165, 1.54) is 19.1 Å². The molecule has 9 atom stereocenters. The lowest BCUT2D eigenvalue weighted by molar-refractivity contribution is -0.193. The average molecular weight is 611 g/mol. The number of aliphatic hydroxyl groups excluding tert-OH is 1. The first kappa shape index (κ1) is 33.3. The van der Waals surface area contributed by atoms with E-state index >= 15 is 0 Å². The van der Waals surface area contributed by atoms with Crippen LogP contribution in [0.1, 0.15) is 101 Å². The van der Waals surface area contributed by atoms with Crippen molar-refractivity contribution < 1.29 is 33.6 Å². The lowest BCUT2D eigenvalue weighted by Gasteiger charge is -2.31. The highest BCUT2D eigenvalue weighted by Gasteiger charge is 2.43. The third-order valence-corrected chi connectivity index (χ3v) is 10.1. The second kappa shape index (κ2) is 17.6. The van der Waals surface area contributed by atoms with Crippen LogP contribution in [0, 0.1) is 17.8 Å². The zero-order valence-electron chi connectivity index (χ0n) is 26.6. The highest BCUT2D eigenvalue weighted by atomic mass is 16.7. The van der Waals surface area contributed by atoms with Crippen LogP contribution in [0.25, 0.3) is 0 Å². The molecule has 0 radical (unpaired) electrons. The van der Waals surface area contributed by atoms with Crippen molar-refractivity contribution in [3.63, 3.8) is 0 Å². The first-order valence-corrected chi connectivity index (χ1v) is 17.3. The molecule has 2 saturated heterocycles. The fraction of sp³-hybridized carbons (Fsp3) is 0.703. The molecule has 7 nitrogen and oxygen atoms in total. The van der Waals surface area contributed by atoms with Gasteiger partial charge in [0, 0.05) is 32.0 Å². The van der Waals surface area contributed by atoms with Crippen LogP contribution in [0.4, 0.5) is 0 Å². The number of allylic oxidation sites excluding steroid dienone is 2. The van der Waals surface area contributed by atoms with E-state index in [4.69, 9.17) is 23.7 Å². The minimum absolute atomic E-state index is 0.0364. The molecule has 1 aromatic rings. The third-order valence-electron chi connectivity index (χ3n) is 10.1. The van der Waals surface area contributed by atoms with Crippen LogP contribution >= 0.6 is 0 Å². The average Bonchev–Trinajstić information content (AvgIpc) is 3.67. The van der Waals surface area contributed by atoms with Crippen LogP contribution in [-0.2, 0) is 28.5 Å². The maximum absolute atomic E-state index is 11.4. The van der Waals surface area contributed by atoms with Crippen molar-refractivity contribution in [2.75, 3.05) is 20.3 Å². The van der Waals surface area contributed by atoms with Crippen molar-refractivity contribution in [3.05, 3.63) is 60.2 Å². The van der Waals surface area contributed by atoms with E-state index in [0.29, 0.717) is 24.7 Å². The second-order valence-corrected chi connectivity index (χ2v) is 13.2. The Morgan fingerprint density at radius 2 is 1.75 bits per heavy atom. The van der Waals surface area contributed by atoms with Gasteiger partial charge in [-0.1, -0.05) is 54.6 Å². The van der Waals surface area contributed by atoms with Gasteiger partial charge in [-0.15, -0.1) is 0 Å². The summed E-state index contributed by atoms with van der Waals surface area (Å²) in [4.78, 5) is 11.4. The van der Waals surface area contributed by atoms with E-state index in [1.54, 1.807) is 0 Å². The van der Waals surface area contributed by atoms with Gasteiger partial charge in [-0.05, 0) is 100 Å². The SMILES string of the molecule is COC(=O)CCC/C=C\C[C@@H]1[C@@H](/C=C/[C@@H](OC2CCCCO2)C2CCC(c3ccccc3)C2)[C@H](OC2CCCCO2)C[C@@H]1O. The van der Waals surface area contributed by atoms with Crippen molar-refractivity contribution in [1.82, 2.24) is 0 Å². The van der Waals surface area contributed by atoms with Crippen LogP contribution in [0.3, 0.4) is 0 Å². The van der Waals surface area contributed by atoms with Gasteiger partial charge in [0.05, 0.1) is 25.4 Å². The molecule has 7 heteroatoms. The van der Waals surface area contributed by atoms with Gasteiger partial charge in [-0.3, -0.25) is 4.79 Å². The van der Waals surface area contributed by atoms with E-state index < -0.39 is 6.10 Å². The molecule has 1 aromatic carbocycles. The van der Waals surface area contributed by atoms with Gasteiger partial charge < -0.3 is 28.8 Å². The first-order chi connectivity index (χ1) is 21.6. The lowest BCUT2D eigenvalue weighted by atomic mass is 9.88. The van der Waals surface area contributed by atoms with Crippen LogP contribution in [0.15, 0.2) is 54.6 Å². The van der Waals surface area contributed by atoms with Crippen LogP contribution in [0.2, 0.25) is 0 Å². The van der Waals surface area contributed by atoms with Gasteiger partial charge in [-0.2, -0.15) is 0 Å². The van der Waals surface area contributed by atoms with Gasteiger partial charge in [-0.25, -0.2) is 0 Å². The van der Waals surface area contributed by atoms with Gasteiger partial charge >= 0.3 is 5.97 Å². The summed E-state index contributed by atoms with van der Waals surface area (Å²) in [6.45, 7) is 1.50. The van der Waals surface area contributed by atoms with Crippen molar-refractivity contribution in [2.24, 2.45) is 17.8 Å². The number of benzene rings is 1. The van der Waals surface area contributed by atoms with E-state index in [0.717, 1.165) is 83.8 Å². The van der Waals surface area contributed by atoms with Gasteiger partial charge in [0.15, 0.2) is 12.6 Å². The molecule has 0 aromatic heterocycles. The maximum Gasteiger partial charge on any atom is 0.305 e. The Hall–Kier alpha value is -2.03. The molecule has 4 fully saturated rings. The predicted octanol–water partition coefficient (Wildman–Crippen LogP) is 7.24. The molecular weight excluding hydrogens is 556 g/mol. The van der Waals surface area contributed by atoms with Crippen molar-refractivity contribution in [3.8, 4) is 0 Å². The Labute approximate surface area is 264 Å². The lowest BCUT2D eigenvalue weighted by Crippen LogP contribution is -2.32. The summed E-state index contributed by atoms with van der Waals surface area (Å²) in [5.41, 5.74) is 1.42. The summed E-state index contributed by atoms with van der Waals surface area (Å²) >= 11 is 0. The smallest absolute Gasteiger partial charge is 0.305 e. The molecule has 5 rings (SSSR count). The van der Waals surface area contributed by atoms with E-state index in [-0.39, 0.29) is 42.6 Å². The largest absolute Gasteiger partial charge is 0.469 e. The zero-order valence-corrected chi connectivity index (χ0v) is 26.6. The molecular formula is C37H54O7. The number of hydrogen-bond acceptors (Lipinski definition) is 7. The number of rotatable bonds is 14. The Morgan fingerprint density at radius 1 is 0.977 bits per heavy atom. The summed E-state index contributed by atoms with van der Waals surface area (Å²) in [6.07, 6.45) is 21.0. The normalized spacial score (nSPS) is 33.7. The first-order valence-electron chi connectivity index (χ1n) is 17.3. The Morgan fingerprint density at radius 3 is 2.48 bits per heavy atom. The summed E-state index contributed by atoms with van der Waals surface area (Å²) in [5.74, 6) is 0.900. The molecule has 0 amide bonds. The molecule has 0 spiro atoms. The molecule has 0 bridgehead atoms. The van der Waals surface area contributed by atoms with Crippen molar-refractivity contribution in [1.29, 1.82) is 0 Å². The van der Waals surface area contributed by atoms with Gasteiger partial charge in [0.1, 0.15) is 0 Å². The molecule has 4 unspecified atom stereocenters. The Balaban J connectivity index is 1.29. The van der Waals surface area contributed by atoms with E-state index in [1.807, 2.05) is 0 Å². The molecule has 4 aliphatic rings. The molecule has 1 N–H and O–H groups in total. The number of carbonyl (C=O) groups excluding carboxylic acids is 1. The van der Waals surface area contributed by atoms with Crippen LogP contribution in [0.5, 0.6) is 0 Å². The fourth-order valence-electron chi connectivity index (χ4n) is 7.57. The fourth-order valence-corrected chi connectivity index (χ4v) is 7.57. The van der Waals surface area contributed by atoms with Crippen LogP contribution < -0.4 is 0 Å². The molecule has 2 aliphatic heterocycles. The minimum atomic E-state index is -0.451. The highest BCUT2D eigenvalue weighted by Crippen LogP contribution is 2.43. The Kier molecular flexibility index (Phi) is 13.3. The quantitative estimate of drug-likeness (QED) is 0.135. The zero-order chi connectivity index (χ0) is 30.6. The number of esters is 1. The summed E-state index contributed by atoms with van der Waals surface area (Å²) < 4.78 is 30.0. The summed E-state index contributed by atoms with van der Waals surface area (Å²) in [6, 6.07) is 10.9. The third kappa shape index (κ3) is 9.73. The monoisotopic (exact) mass is 610 g/mol. The number of ether oxygens (including phenoxy) is 5. The molecule has 44 heavy (non-hydrogen) atoms. The second-order valence-electron chi connectivity index (χ2n) is 13.2. The molecule has 244 valence electrons. The molecule has 2 aliphatic carbocycles. The van der Waals surface area contributed by atoms with E-state index in [2.05, 4.69) is 54.6 Å². The number of hydrogen-bond donors (Lipinski definition) is 1. The number of aliphatic hydroxyl groups is 1. The van der Waals surface area contributed by atoms with Gasteiger partial charge in [0.25, 0.3) is 0 Å². The van der Waals surface area contributed by atoms with Crippen molar-refractivity contribution in [2.45, 2.75) is 127 Å². The number of carbonyl (C=O) groups is 1. The van der Waals surface area contributed by atoms with Crippen LogP contribution in [-0.4, -0.2) is 62.3 Å².